The Balaban J connectivity index is 1.39. The normalized spacial score (nSPS) is 21.7. The maximum atomic E-state index is 13.0. The molecule has 4 amide bonds. The highest BCUT2D eigenvalue weighted by Gasteiger charge is 2.48. The summed E-state index contributed by atoms with van der Waals surface area (Å²) in [6, 6.07) is 8.79. The van der Waals surface area contributed by atoms with E-state index >= 15 is 0 Å². The highest BCUT2D eigenvalue weighted by molar-refractivity contribution is 5.86. The Labute approximate surface area is 375 Å². The molecule has 2 aliphatic rings. The van der Waals surface area contributed by atoms with Crippen molar-refractivity contribution < 1.29 is 78.4 Å². The summed E-state index contributed by atoms with van der Waals surface area (Å²) < 4.78 is 21.9. The van der Waals surface area contributed by atoms with Gasteiger partial charge >= 0.3 is 24.1 Å². The average molecular weight is 929 g/mol. The summed E-state index contributed by atoms with van der Waals surface area (Å²) in [4.78, 5) is 81.9. The number of aliphatic carboxylic acids is 2. The van der Waals surface area contributed by atoms with Crippen molar-refractivity contribution in [2.75, 3.05) is 13.2 Å². The fourth-order valence-corrected chi connectivity index (χ4v) is 6.84. The van der Waals surface area contributed by atoms with Gasteiger partial charge in [0.2, 0.25) is 23.3 Å². The molecule has 4 rings (SSSR count). The van der Waals surface area contributed by atoms with Crippen LogP contribution >= 0.6 is 0 Å². The molecule has 0 spiro atoms. The third kappa shape index (κ3) is 14.2. The molecule has 26 nitrogen and oxygen atoms in total. The number of nitrogens with one attached hydrogen (secondary N) is 4. The fourth-order valence-electron chi connectivity index (χ4n) is 6.84. The van der Waals surface area contributed by atoms with E-state index in [1.54, 1.807) is 48.5 Å². The van der Waals surface area contributed by atoms with E-state index in [-0.39, 0.29) is 13.1 Å². The van der Waals surface area contributed by atoms with Crippen LogP contribution in [-0.4, -0.2) is 153 Å². The maximum absolute atomic E-state index is 13.0. The predicted molar refractivity (Wildman–Crippen MR) is 228 cm³/mol. The van der Waals surface area contributed by atoms with Crippen LogP contribution in [0.25, 0.3) is 11.1 Å². The first-order valence-corrected chi connectivity index (χ1v) is 19.8. The van der Waals surface area contributed by atoms with Crippen molar-refractivity contribution in [2.24, 2.45) is 32.9 Å². The van der Waals surface area contributed by atoms with Gasteiger partial charge in [-0.05, 0) is 34.4 Å². The smallest absolute Gasteiger partial charge is 0.407 e. The van der Waals surface area contributed by atoms with Gasteiger partial charge in [0.1, 0.15) is 12.2 Å². The van der Waals surface area contributed by atoms with Gasteiger partial charge in [-0.15, -0.1) is 0 Å². The maximum Gasteiger partial charge on any atom is 0.407 e. The van der Waals surface area contributed by atoms with Gasteiger partial charge in [-0.1, -0.05) is 48.5 Å². The summed E-state index contributed by atoms with van der Waals surface area (Å²) in [5, 5.41) is 70.2. The molecule has 2 aromatic carbocycles. The van der Waals surface area contributed by atoms with Crippen molar-refractivity contribution >= 4 is 47.9 Å². The molecule has 18 N–H and O–H groups in total. The lowest BCUT2D eigenvalue weighted by atomic mass is 9.92. The highest BCUT2D eigenvalue weighted by Crippen LogP contribution is 2.29. The zero-order valence-electron chi connectivity index (χ0n) is 35.3. The minimum Gasteiger partial charge on any atom is -0.477 e. The van der Waals surface area contributed by atoms with E-state index in [9.17, 15) is 59.4 Å². The van der Waals surface area contributed by atoms with Crippen LogP contribution < -0.4 is 44.2 Å². The van der Waals surface area contributed by atoms with Crippen LogP contribution in [-0.2, 0) is 51.2 Å². The van der Waals surface area contributed by atoms with Crippen LogP contribution in [0.1, 0.15) is 25.0 Å². The van der Waals surface area contributed by atoms with Crippen LogP contribution in [0.15, 0.2) is 82.2 Å². The van der Waals surface area contributed by atoms with E-state index < -0.39 is 133 Å². The lowest BCUT2D eigenvalue weighted by molar-refractivity contribution is -0.147. The van der Waals surface area contributed by atoms with Gasteiger partial charge < -0.3 is 93.8 Å². The second kappa shape index (κ2) is 23.3. The van der Waals surface area contributed by atoms with Gasteiger partial charge in [0.25, 0.3) is 0 Å². The molecule has 2 aliphatic heterocycles. The molecular weight excluding hydrogens is 876 g/mol. The Morgan fingerprint density at radius 2 is 0.955 bits per heavy atom. The number of aliphatic hydroxyl groups is 4. The third-order valence-corrected chi connectivity index (χ3v) is 9.75. The molecule has 66 heavy (non-hydrogen) atoms. The number of hydrogen-bond acceptors (Lipinski definition) is 16. The van der Waals surface area contributed by atoms with Crippen LogP contribution in [0.2, 0.25) is 0 Å². The van der Waals surface area contributed by atoms with Crippen LogP contribution in [0, 0.1) is 0 Å². The number of aliphatic imine (C=N–C) groups is 2. The van der Waals surface area contributed by atoms with Crippen LogP contribution in [0.4, 0.5) is 9.59 Å². The lowest BCUT2D eigenvalue weighted by Crippen LogP contribution is -2.61. The quantitative estimate of drug-likeness (QED) is 0.0476. The SMILES string of the molecule is CC(=O)NC1C(N=C(N)N)C=C(C(=O)O)OC1C(OC(=O)NCc1ccc(-c2ccc(CNC(=O)OC(C(O)CO)C3OC(C(=O)O)=CC(N=C(N)N)C3NC(C)=O)cc2)cc1)C(O)CO. The van der Waals surface area contributed by atoms with E-state index in [0.717, 1.165) is 37.1 Å². The van der Waals surface area contributed by atoms with Crippen LogP contribution in [0.5, 0.6) is 0 Å². The Bertz CT molecular complexity index is 2040. The van der Waals surface area contributed by atoms with Gasteiger partial charge in [0, 0.05) is 26.9 Å². The number of carbonyl (C=O) groups excluding carboxylic acids is 4. The van der Waals surface area contributed by atoms with Crippen molar-refractivity contribution in [1.82, 2.24) is 21.3 Å². The molecular formula is C40H52N10O16. The molecule has 26 heteroatoms. The Hall–Kier alpha value is -7.68. The molecule has 10 atom stereocenters. The summed E-state index contributed by atoms with van der Waals surface area (Å²) >= 11 is 0. The Morgan fingerprint density at radius 1 is 0.621 bits per heavy atom. The van der Waals surface area contributed by atoms with E-state index in [2.05, 4.69) is 31.3 Å². The molecule has 0 saturated carbocycles. The summed E-state index contributed by atoms with van der Waals surface area (Å²) in [5.41, 5.74) is 24.8. The summed E-state index contributed by atoms with van der Waals surface area (Å²) in [6.45, 7) is 0.200. The number of benzene rings is 2. The van der Waals surface area contributed by atoms with E-state index in [0.29, 0.717) is 11.1 Å². The molecule has 358 valence electrons. The van der Waals surface area contributed by atoms with Gasteiger partial charge in [-0.3, -0.25) is 9.59 Å². The fraction of sp³-hybridized carbons (Fsp3) is 0.400. The first-order valence-electron chi connectivity index (χ1n) is 19.8. The van der Waals surface area contributed by atoms with E-state index in [4.69, 9.17) is 41.9 Å². The number of amides is 4. The van der Waals surface area contributed by atoms with Crippen molar-refractivity contribution in [3.05, 3.63) is 83.3 Å². The number of alkyl carbamates (subject to hydrolysis) is 2. The molecule has 10 unspecified atom stereocenters. The largest absolute Gasteiger partial charge is 0.477 e. The number of hydrogen-bond donors (Lipinski definition) is 14. The predicted octanol–water partition coefficient (Wildman–Crippen LogP) is -3.72. The van der Waals surface area contributed by atoms with Gasteiger partial charge in [0.05, 0.1) is 37.4 Å². The number of carboxylic acid groups (broad SMARTS) is 2. The van der Waals surface area contributed by atoms with E-state index in [1.165, 1.54) is 0 Å². The third-order valence-electron chi connectivity index (χ3n) is 9.75. The number of ether oxygens (including phenoxy) is 4. The van der Waals surface area contributed by atoms with Crippen molar-refractivity contribution in [1.29, 1.82) is 0 Å². The Morgan fingerprint density at radius 3 is 1.23 bits per heavy atom. The number of aliphatic hydroxyl groups excluding tert-OH is 4. The lowest BCUT2D eigenvalue weighted by Gasteiger charge is -2.39. The van der Waals surface area contributed by atoms with E-state index in [1.807, 2.05) is 0 Å². The van der Waals surface area contributed by atoms with Gasteiger partial charge in [0.15, 0.2) is 36.3 Å². The van der Waals surface area contributed by atoms with Gasteiger partial charge in [-0.2, -0.15) is 0 Å². The average Bonchev–Trinajstić information content (AvgIpc) is 3.26. The molecule has 0 radical (unpaired) electrons. The van der Waals surface area contributed by atoms with Gasteiger partial charge in [-0.25, -0.2) is 29.2 Å². The van der Waals surface area contributed by atoms with Crippen molar-refractivity contribution in [3.8, 4) is 11.1 Å². The minimum atomic E-state index is -1.81. The second-order valence-electron chi connectivity index (χ2n) is 14.7. The zero-order chi connectivity index (χ0) is 48.8. The molecule has 2 aromatic rings. The highest BCUT2D eigenvalue weighted by atomic mass is 16.6. The van der Waals surface area contributed by atoms with Crippen molar-refractivity contribution in [2.45, 2.75) is 87.7 Å². The number of guanidine groups is 2. The number of carboxylic acids is 2. The molecule has 0 saturated heterocycles. The standard InChI is InChI=1S/C40H52N10O16/c1-17(53)47-29-23(49-37(41)42)11-27(35(57)58)63-33(29)31(25(55)15-51)65-39(61)45-13-19-3-7-21(8-4-19)22-9-5-20(6-10-22)14-46-40(62)66-32(26(56)16-52)34-30(48-18(2)54)24(50-38(43)44)12-28(64-34)36(59)60/h3-12,23-26,29-34,51-52,55-56H,13-16H2,1-2H3,(H,45,61)(H,46,62)(H,47,53)(H,48,54)(H,57,58)(H,59,60)(H4,41,42,49)(H4,43,44,50). The second-order valence-corrected chi connectivity index (χ2v) is 14.7. The summed E-state index contributed by atoms with van der Waals surface area (Å²) in [6.07, 6.45) is -10.4. The number of nitrogens with zero attached hydrogens (tertiary/aromatic N) is 2. The summed E-state index contributed by atoms with van der Waals surface area (Å²) in [7, 11) is 0. The monoisotopic (exact) mass is 928 g/mol. The topological polar surface area (TPSA) is 438 Å². The molecule has 0 bridgehead atoms. The first kappa shape index (κ1) is 51.0. The molecule has 2 heterocycles. The Kier molecular flexibility index (Phi) is 18.0. The number of rotatable bonds is 19. The molecule has 0 aliphatic carbocycles. The zero-order valence-corrected chi connectivity index (χ0v) is 35.3. The molecule has 0 fully saturated rings. The minimum absolute atomic E-state index is 0.0927. The summed E-state index contributed by atoms with van der Waals surface area (Å²) in [5.74, 6) is -6.61. The first-order chi connectivity index (χ1) is 31.2. The number of carbonyl (C=O) groups is 6. The van der Waals surface area contributed by atoms with Crippen molar-refractivity contribution in [3.63, 3.8) is 0 Å². The van der Waals surface area contributed by atoms with Crippen LogP contribution in [0.3, 0.4) is 0 Å². The number of nitrogens with two attached hydrogens (primary N) is 4. The molecule has 0 aromatic heterocycles.